The van der Waals surface area contributed by atoms with Crippen molar-refractivity contribution in [1.29, 1.82) is 0 Å². The molecule has 0 amide bonds. The predicted molar refractivity (Wildman–Crippen MR) is 84.7 cm³/mol. The van der Waals surface area contributed by atoms with Gasteiger partial charge in [-0.3, -0.25) is 4.79 Å². The Morgan fingerprint density at radius 1 is 1.00 bits per heavy atom. The van der Waals surface area contributed by atoms with Crippen molar-refractivity contribution in [2.75, 3.05) is 0 Å². The number of rotatable bonds is 4. The van der Waals surface area contributed by atoms with E-state index >= 15 is 0 Å². The molecule has 22 heavy (non-hydrogen) atoms. The molecule has 1 saturated heterocycles. The van der Waals surface area contributed by atoms with Crippen LogP contribution >= 0.6 is 0 Å². The average Bonchev–Trinajstić information content (AvgIpc) is 2.95. The number of hydrogen-bond donors (Lipinski definition) is 1. The third-order valence-corrected chi connectivity index (χ3v) is 7.35. The maximum Gasteiger partial charge on any atom is 0.306 e. The first-order valence-corrected chi connectivity index (χ1v) is 9.54. The Kier molecular flexibility index (Phi) is 3.75. The van der Waals surface area contributed by atoms with Gasteiger partial charge in [0.1, 0.15) is 0 Å². The van der Waals surface area contributed by atoms with Gasteiger partial charge in [0.2, 0.25) is 0 Å². The number of epoxide rings is 1. The first kappa shape index (κ1) is 15.0. The minimum atomic E-state index is -0.605. The number of hydrogen-bond acceptors (Lipinski definition) is 2. The largest absolute Gasteiger partial charge is 0.481 e. The molecule has 0 bridgehead atoms. The topological polar surface area (TPSA) is 49.8 Å². The summed E-state index contributed by atoms with van der Waals surface area (Å²) in [6.45, 7) is 0. The number of carboxylic acids is 1. The van der Waals surface area contributed by atoms with E-state index in [-0.39, 0.29) is 11.5 Å². The Labute approximate surface area is 133 Å². The van der Waals surface area contributed by atoms with Crippen molar-refractivity contribution < 1.29 is 14.6 Å². The van der Waals surface area contributed by atoms with Gasteiger partial charge < -0.3 is 9.84 Å². The summed E-state index contributed by atoms with van der Waals surface area (Å²) < 4.78 is 6.17. The molecule has 3 aliphatic carbocycles. The fourth-order valence-corrected chi connectivity index (χ4v) is 6.18. The van der Waals surface area contributed by atoms with Crippen LogP contribution in [0.4, 0.5) is 0 Å². The van der Waals surface area contributed by atoms with Crippen molar-refractivity contribution in [3.63, 3.8) is 0 Å². The molecule has 1 aliphatic heterocycles. The Bertz CT molecular complexity index is 434. The van der Waals surface area contributed by atoms with Gasteiger partial charge in [0.25, 0.3) is 0 Å². The van der Waals surface area contributed by atoms with Gasteiger partial charge in [0, 0.05) is 0 Å². The highest BCUT2D eigenvalue weighted by Crippen LogP contribution is 2.61. The van der Waals surface area contributed by atoms with Crippen LogP contribution in [0, 0.1) is 17.3 Å². The predicted octanol–water partition coefficient (Wildman–Crippen LogP) is 4.54. The van der Waals surface area contributed by atoms with Gasteiger partial charge in [-0.05, 0) is 62.7 Å². The smallest absolute Gasteiger partial charge is 0.306 e. The average molecular weight is 306 g/mol. The quantitative estimate of drug-likeness (QED) is 0.776. The summed E-state index contributed by atoms with van der Waals surface area (Å²) in [5, 5.41) is 9.42. The van der Waals surface area contributed by atoms with Crippen molar-refractivity contribution in [1.82, 2.24) is 0 Å². The van der Waals surface area contributed by atoms with Crippen LogP contribution in [-0.2, 0) is 9.53 Å². The molecule has 3 unspecified atom stereocenters. The van der Waals surface area contributed by atoms with E-state index in [1.807, 2.05) is 0 Å². The molecule has 0 radical (unpaired) electrons. The zero-order valence-corrected chi connectivity index (χ0v) is 13.7. The van der Waals surface area contributed by atoms with E-state index in [0.29, 0.717) is 11.5 Å². The second-order valence-electron chi connectivity index (χ2n) is 8.57. The van der Waals surface area contributed by atoms with E-state index in [2.05, 4.69) is 0 Å². The molecule has 4 aliphatic rings. The van der Waals surface area contributed by atoms with Crippen LogP contribution in [0.5, 0.6) is 0 Å². The molecule has 3 heteroatoms. The maximum atomic E-state index is 11.4. The summed E-state index contributed by atoms with van der Waals surface area (Å²) in [6, 6.07) is 0. The normalized spacial score (nSPS) is 41.1. The fraction of sp³-hybridized carbons (Fsp3) is 0.947. The summed E-state index contributed by atoms with van der Waals surface area (Å²) in [5.41, 5.74) is 0.422. The van der Waals surface area contributed by atoms with Gasteiger partial charge in [-0.25, -0.2) is 0 Å². The van der Waals surface area contributed by atoms with Gasteiger partial charge in [-0.1, -0.05) is 32.1 Å². The summed E-state index contributed by atoms with van der Waals surface area (Å²) in [6.07, 6.45) is 16.6. The van der Waals surface area contributed by atoms with E-state index < -0.39 is 5.97 Å². The van der Waals surface area contributed by atoms with E-state index in [0.717, 1.165) is 25.2 Å². The lowest BCUT2D eigenvalue weighted by molar-refractivity contribution is -0.143. The minimum absolute atomic E-state index is 0.0543. The fourth-order valence-electron chi connectivity index (χ4n) is 6.18. The molecular formula is C19H30O3. The molecule has 0 aromatic carbocycles. The van der Waals surface area contributed by atoms with Crippen molar-refractivity contribution in [2.45, 2.75) is 95.2 Å². The van der Waals surface area contributed by atoms with Crippen molar-refractivity contribution in [2.24, 2.45) is 17.3 Å². The highest BCUT2D eigenvalue weighted by atomic mass is 16.6. The molecule has 4 rings (SSSR count). The molecule has 0 spiro atoms. The SMILES string of the molecule is O=C(O)C1CCC2OC2(CC2(C3CCCC3)CCCCC2)C1. The van der Waals surface area contributed by atoms with Gasteiger partial charge in [0.05, 0.1) is 17.6 Å². The van der Waals surface area contributed by atoms with Crippen LogP contribution in [-0.4, -0.2) is 22.8 Å². The summed E-state index contributed by atoms with van der Waals surface area (Å²) in [5.74, 6) is 0.118. The first-order valence-electron chi connectivity index (χ1n) is 9.54. The molecule has 3 nitrogen and oxygen atoms in total. The Morgan fingerprint density at radius 3 is 2.41 bits per heavy atom. The summed E-state index contributed by atoms with van der Waals surface area (Å²) in [4.78, 5) is 11.4. The van der Waals surface area contributed by atoms with E-state index in [4.69, 9.17) is 4.74 Å². The lowest BCUT2D eigenvalue weighted by atomic mass is 9.59. The molecule has 4 fully saturated rings. The second kappa shape index (κ2) is 5.51. The van der Waals surface area contributed by atoms with Crippen LogP contribution < -0.4 is 0 Å². The molecule has 0 aromatic rings. The minimum Gasteiger partial charge on any atom is -0.481 e. The lowest BCUT2D eigenvalue weighted by Gasteiger charge is -2.45. The van der Waals surface area contributed by atoms with Crippen LogP contribution in [0.2, 0.25) is 0 Å². The van der Waals surface area contributed by atoms with Crippen LogP contribution in [0.25, 0.3) is 0 Å². The number of carboxylic acid groups (broad SMARTS) is 1. The van der Waals surface area contributed by atoms with Crippen LogP contribution in [0.15, 0.2) is 0 Å². The lowest BCUT2D eigenvalue weighted by Crippen LogP contribution is -2.40. The van der Waals surface area contributed by atoms with E-state index in [9.17, 15) is 9.90 Å². The standard InChI is InChI=1S/C19H30O3/c20-17(21)14-8-9-16-19(12-14,22-16)13-18(10-4-1-5-11-18)15-6-2-3-7-15/h14-16H,1-13H2,(H,20,21). The van der Waals surface area contributed by atoms with Crippen molar-refractivity contribution >= 4 is 5.97 Å². The van der Waals surface area contributed by atoms with Crippen molar-refractivity contribution in [3.05, 3.63) is 0 Å². The van der Waals surface area contributed by atoms with E-state index in [1.165, 1.54) is 64.2 Å². The molecule has 1 heterocycles. The molecule has 1 N–H and O–H groups in total. The zero-order valence-electron chi connectivity index (χ0n) is 13.7. The number of carbonyl (C=O) groups is 1. The van der Waals surface area contributed by atoms with Gasteiger partial charge in [-0.15, -0.1) is 0 Å². The maximum absolute atomic E-state index is 11.4. The third-order valence-electron chi connectivity index (χ3n) is 7.35. The van der Waals surface area contributed by atoms with Gasteiger partial charge in [0.15, 0.2) is 0 Å². The molecule has 0 aromatic heterocycles. The second-order valence-corrected chi connectivity index (χ2v) is 8.57. The Morgan fingerprint density at radius 2 is 1.73 bits per heavy atom. The summed E-state index contributed by atoms with van der Waals surface area (Å²) >= 11 is 0. The number of ether oxygens (including phenoxy) is 1. The molecule has 3 atom stereocenters. The molecule has 3 saturated carbocycles. The van der Waals surface area contributed by atoms with E-state index in [1.54, 1.807) is 0 Å². The van der Waals surface area contributed by atoms with Crippen LogP contribution in [0.3, 0.4) is 0 Å². The van der Waals surface area contributed by atoms with Crippen LogP contribution in [0.1, 0.15) is 83.5 Å². The third kappa shape index (κ3) is 2.50. The highest BCUT2D eigenvalue weighted by Gasteiger charge is 2.63. The van der Waals surface area contributed by atoms with Gasteiger partial charge in [-0.2, -0.15) is 0 Å². The van der Waals surface area contributed by atoms with Crippen molar-refractivity contribution in [3.8, 4) is 0 Å². The van der Waals surface area contributed by atoms with Gasteiger partial charge >= 0.3 is 5.97 Å². The number of fused-ring (bicyclic) bond motifs is 1. The Hall–Kier alpha value is -0.570. The highest BCUT2D eigenvalue weighted by molar-refractivity contribution is 5.70. The Balaban J connectivity index is 1.53. The first-order chi connectivity index (χ1) is 10.6. The summed E-state index contributed by atoms with van der Waals surface area (Å²) in [7, 11) is 0. The molecular weight excluding hydrogens is 276 g/mol. The number of aliphatic carboxylic acids is 1. The zero-order chi connectivity index (χ0) is 15.2. The monoisotopic (exact) mass is 306 g/mol. The molecule has 124 valence electrons.